The van der Waals surface area contributed by atoms with E-state index in [2.05, 4.69) is 37.4 Å². The molecule has 3 N–H and O–H groups in total. The minimum Gasteiger partial charge on any atom is -0.326 e. The van der Waals surface area contributed by atoms with Crippen LogP contribution in [-0.4, -0.2) is 7.05 Å². The zero-order valence-corrected chi connectivity index (χ0v) is 10.7. The van der Waals surface area contributed by atoms with Crippen LogP contribution in [0.2, 0.25) is 0 Å². The van der Waals surface area contributed by atoms with Gasteiger partial charge in [-0.3, -0.25) is 0 Å². The van der Waals surface area contributed by atoms with Crippen molar-refractivity contribution in [2.24, 2.45) is 5.73 Å². The van der Waals surface area contributed by atoms with Gasteiger partial charge >= 0.3 is 0 Å². The molecule has 0 bridgehead atoms. The molecular formula is C14H24N2. The quantitative estimate of drug-likeness (QED) is 0.773. The smallest absolute Gasteiger partial charge is 0.0202 e. The Labute approximate surface area is 99.2 Å². The van der Waals surface area contributed by atoms with Gasteiger partial charge in [0.1, 0.15) is 0 Å². The molecule has 0 radical (unpaired) electrons. The van der Waals surface area contributed by atoms with Crippen LogP contribution in [0.15, 0.2) is 18.2 Å². The topological polar surface area (TPSA) is 38.0 Å². The molecule has 1 rings (SSSR count). The summed E-state index contributed by atoms with van der Waals surface area (Å²) in [6, 6.07) is 6.77. The lowest BCUT2D eigenvalue weighted by Crippen LogP contribution is -2.08. The molecule has 2 heteroatoms. The first-order chi connectivity index (χ1) is 7.74. The fourth-order valence-corrected chi connectivity index (χ4v) is 2.21. The third-order valence-corrected chi connectivity index (χ3v) is 3.15. The molecule has 0 aliphatic heterocycles. The fraction of sp³-hybridized carbons (Fsp3) is 0.571. The van der Waals surface area contributed by atoms with Gasteiger partial charge in [-0.25, -0.2) is 0 Å². The van der Waals surface area contributed by atoms with E-state index in [0.717, 1.165) is 6.54 Å². The Bertz CT molecular complexity index is 317. The molecule has 2 nitrogen and oxygen atoms in total. The van der Waals surface area contributed by atoms with Gasteiger partial charge in [0.15, 0.2) is 0 Å². The van der Waals surface area contributed by atoms with Crippen molar-refractivity contribution in [1.82, 2.24) is 5.32 Å². The molecule has 0 aliphatic rings. The number of rotatable bonds is 6. The standard InChI is InChI=1S/C14H24N2/c1-4-13(5-2)14-7-11(9-15)6-12(8-14)10-16-3/h6-8,13,16H,4-5,9-10,15H2,1-3H3. The van der Waals surface area contributed by atoms with Crippen molar-refractivity contribution in [2.75, 3.05) is 7.05 Å². The maximum atomic E-state index is 5.75. The van der Waals surface area contributed by atoms with Crippen molar-refractivity contribution >= 4 is 0 Å². The Hall–Kier alpha value is -0.860. The average Bonchev–Trinajstić information content (AvgIpc) is 2.31. The summed E-state index contributed by atoms with van der Waals surface area (Å²) in [6.45, 7) is 6.05. The first kappa shape index (κ1) is 13.2. The Morgan fingerprint density at radius 1 is 1.12 bits per heavy atom. The number of hydrogen-bond donors (Lipinski definition) is 2. The molecular weight excluding hydrogens is 196 g/mol. The van der Waals surface area contributed by atoms with E-state index in [1.807, 2.05) is 7.05 Å². The van der Waals surface area contributed by atoms with Crippen molar-refractivity contribution in [3.63, 3.8) is 0 Å². The van der Waals surface area contributed by atoms with Gasteiger partial charge in [-0.05, 0) is 42.5 Å². The molecule has 0 saturated carbocycles. The maximum Gasteiger partial charge on any atom is 0.0202 e. The summed E-state index contributed by atoms with van der Waals surface area (Å²) in [5, 5.41) is 3.20. The largest absolute Gasteiger partial charge is 0.326 e. The molecule has 90 valence electrons. The molecule has 0 fully saturated rings. The number of nitrogens with two attached hydrogens (primary N) is 1. The second-order valence-electron chi connectivity index (χ2n) is 4.33. The number of hydrogen-bond acceptors (Lipinski definition) is 2. The van der Waals surface area contributed by atoms with Gasteiger partial charge in [-0.1, -0.05) is 32.0 Å². The molecule has 1 aromatic rings. The van der Waals surface area contributed by atoms with Crippen molar-refractivity contribution < 1.29 is 0 Å². The monoisotopic (exact) mass is 220 g/mol. The third-order valence-electron chi connectivity index (χ3n) is 3.15. The molecule has 0 saturated heterocycles. The summed E-state index contributed by atoms with van der Waals surface area (Å²) in [4.78, 5) is 0. The van der Waals surface area contributed by atoms with Gasteiger partial charge < -0.3 is 11.1 Å². The lowest BCUT2D eigenvalue weighted by molar-refractivity contribution is 0.639. The van der Waals surface area contributed by atoms with Gasteiger partial charge in [0.25, 0.3) is 0 Å². The Kier molecular flexibility index (Phi) is 5.50. The summed E-state index contributed by atoms with van der Waals surface area (Å²) in [5.41, 5.74) is 9.77. The van der Waals surface area contributed by atoms with E-state index in [9.17, 15) is 0 Å². The minimum atomic E-state index is 0.630. The highest BCUT2D eigenvalue weighted by atomic mass is 14.8. The number of nitrogens with one attached hydrogen (secondary N) is 1. The first-order valence-electron chi connectivity index (χ1n) is 6.22. The summed E-state index contributed by atoms with van der Waals surface area (Å²) in [5.74, 6) is 0.669. The highest BCUT2D eigenvalue weighted by Crippen LogP contribution is 2.25. The average molecular weight is 220 g/mol. The fourth-order valence-electron chi connectivity index (χ4n) is 2.21. The molecule has 0 aliphatic carbocycles. The highest BCUT2D eigenvalue weighted by molar-refractivity contribution is 5.32. The van der Waals surface area contributed by atoms with Crippen molar-refractivity contribution in [2.45, 2.75) is 45.7 Å². The molecule has 0 aromatic heterocycles. The van der Waals surface area contributed by atoms with E-state index in [1.54, 1.807) is 0 Å². The lowest BCUT2D eigenvalue weighted by atomic mass is 9.91. The zero-order chi connectivity index (χ0) is 12.0. The SMILES string of the molecule is CCC(CC)c1cc(CN)cc(CNC)c1. The van der Waals surface area contributed by atoms with Gasteiger partial charge in [-0.2, -0.15) is 0 Å². The van der Waals surface area contributed by atoms with E-state index in [1.165, 1.54) is 29.5 Å². The minimum absolute atomic E-state index is 0.630. The first-order valence-corrected chi connectivity index (χ1v) is 6.22. The Balaban J connectivity index is 3.02. The number of benzene rings is 1. The molecule has 0 atom stereocenters. The van der Waals surface area contributed by atoms with Crippen LogP contribution in [0, 0.1) is 0 Å². The van der Waals surface area contributed by atoms with Crippen LogP contribution in [0.1, 0.15) is 49.3 Å². The van der Waals surface area contributed by atoms with E-state index in [-0.39, 0.29) is 0 Å². The van der Waals surface area contributed by atoms with Crippen LogP contribution in [-0.2, 0) is 13.1 Å². The van der Waals surface area contributed by atoms with E-state index >= 15 is 0 Å². The van der Waals surface area contributed by atoms with Gasteiger partial charge in [0, 0.05) is 13.1 Å². The zero-order valence-electron chi connectivity index (χ0n) is 10.7. The van der Waals surface area contributed by atoms with Crippen LogP contribution < -0.4 is 11.1 Å². The summed E-state index contributed by atoms with van der Waals surface area (Å²) < 4.78 is 0. The maximum absolute atomic E-state index is 5.75. The normalized spacial score (nSPS) is 11.1. The van der Waals surface area contributed by atoms with Gasteiger partial charge in [0.2, 0.25) is 0 Å². The lowest BCUT2D eigenvalue weighted by Gasteiger charge is -2.16. The molecule has 0 heterocycles. The summed E-state index contributed by atoms with van der Waals surface area (Å²) >= 11 is 0. The van der Waals surface area contributed by atoms with Crippen LogP contribution >= 0.6 is 0 Å². The third kappa shape index (κ3) is 3.32. The van der Waals surface area contributed by atoms with Crippen LogP contribution in [0.5, 0.6) is 0 Å². The van der Waals surface area contributed by atoms with Crippen LogP contribution in [0.3, 0.4) is 0 Å². The van der Waals surface area contributed by atoms with Crippen LogP contribution in [0.4, 0.5) is 0 Å². The predicted molar refractivity (Wildman–Crippen MR) is 70.4 cm³/mol. The van der Waals surface area contributed by atoms with Crippen molar-refractivity contribution in [3.05, 3.63) is 34.9 Å². The van der Waals surface area contributed by atoms with E-state index in [4.69, 9.17) is 5.73 Å². The molecule has 0 amide bonds. The second-order valence-corrected chi connectivity index (χ2v) is 4.33. The Morgan fingerprint density at radius 3 is 2.25 bits per heavy atom. The van der Waals surface area contributed by atoms with E-state index < -0.39 is 0 Å². The van der Waals surface area contributed by atoms with Gasteiger partial charge in [0.05, 0.1) is 0 Å². The summed E-state index contributed by atoms with van der Waals surface area (Å²) in [7, 11) is 1.98. The molecule has 0 spiro atoms. The van der Waals surface area contributed by atoms with Crippen molar-refractivity contribution in [3.8, 4) is 0 Å². The summed E-state index contributed by atoms with van der Waals surface area (Å²) in [6.07, 6.45) is 2.40. The van der Waals surface area contributed by atoms with Gasteiger partial charge in [-0.15, -0.1) is 0 Å². The molecule has 0 unspecified atom stereocenters. The van der Waals surface area contributed by atoms with Crippen molar-refractivity contribution in [1.29, 1.82) is 0 Å². The van der Waals surface area contributed by atoms with E-state index in [0.29, 0.717) is 12.5 Å². The molecule has 16 heavy (non-hydrogen) atoms. The Morgan fingerprint density at radius 2 is 1.75 bits per heavy atom. The second kappa shape index (κ2) is 6.66. The predicted octanol–water partition coefficient (Wildman–Crippen LogP) is 2.77. The molecule has 1 aromatic carbocycles. The van der Waals surface area contributed by atoms with Crippen LogP contribution in [0.25, 0.3) is 0 Å². The highest BCUT2D eigenvalue weighted by Gasteiger charge is 2.08.